The van der Waals surface area contributed by atoms with Crippen LogP contribution >= 0.6 is 12.2 Å². The van der Waals surface area contributed by atoms with Gasteiger partial charge in [0, 0.05) is 31.1 Å². The summed E-state index contributed by atoms with van der Waals surface area (Å²) >= 11 is 5.08. The molecule has 1 N–H and O–H groups in total. The largest absolute Gasteiger partial charge is 0.500 e. The molecular formula is C18H15NO6S. The molecule has 1 aliphatic carbocycles. The lowest BCUT2D eigenvalue weighted by atomic mass is 10.1. The lowest BCUT2D eigenvalue weighted by molar-refractivity contribution is -0.117. The number of thiocarbonyl (C=S) groups is 1. The van der Waals surface area contributed by atoms with Crippen molar-refractivity contribution in [2.75, 3.05) is 7.11 Å². The lowest BCUT2D eigenvalue weighted by Crippen LogP contribution is -2.38. The van der Waals surface area contributed by atoms with Gasteiger partial charge in [0.15, 0.2) is 5.43 Å². The van der Waals surface area contributed by atoms with Crippen molar-refractivity contribution >= 4 is 34.9 Å². The first kappa shape index (κ1) is 17.8. The Morgan fingerprint density at radius 1 is 1.27 bits per heavy atom. The molecule has 1 aliphatic rings. The van der Waals surface area contributed by atoms with E-state index in [1.54, 1.807) is 6.92 Å². The van der Waals surface area contributed by atoms with Crippen LogP contribution in [0.2, 0.25) is 0 Å². The first-order valence-electron chi connectivity index (χ1n) is 7.68. The summed E-state index contributed by atoms with van der Waals surface area (Å²) in [4.78, 5) is 35.8. The summed E-state index contributed by atoms with van der Waals surface area (Å²) in [5.74, 6) is 0.771. The number of hydrogen-bond acceptors (Lipinski definition) is 7. The van der Waals surface area contributed by atoms with E-state index in [4.69, 9.17) is 25.8 Å². The minimum absolute atomic E-state index is 0.0262. The van der Waals surface area contributed by atoms with Gasteiger partial charge in [-0.2, -0.15) is 0 Å². The highest BCUT2D eigenvalue weighted by Gasteiger charge is 2.19. The zero-order chi connectivity index (χ0) is 19.0. The van der Waals surface area contributed by atoms with Crippen LogP contribution in [0.15, 0.2) is 30.6 Å². The van der Waals surface area contributed by atoms with Crippen LogP contribution in [0, 0.1) is 6.92 Å². The average molecular weight is 373 g/mol. The van der Waals surface area contributed by atoms with Crippen LogP contribution in [-0.2, 0) is 16.0 Å². The number of hydrogen-bond donors (Lipinski definition) is 1. The van der Waals surface area contributed by atoms with Gasteiger partial charge >= 0.3 is 5.63 Å². The van der Waals surface area contributed by atoms with E-state index in [1.165, 1.54) is 32.2 Å². The third-order valence-electron chi connectivity index (χ3n) is 3.86. The van der Waals surface area contributed by atoms with Crippen LogP contribution in [0.1, 0.15) is 29.6 Å². The molecule has 0 bridgehead atoms. The van der Waals surface area contributed by atoms with E-state index in [0.29, 0.717) is 28.1 Å². The molecule has 2 heterocycles. The first-order valence-corrected chi connectivity index (χ1v) is 8.09. The van der Waals surface area contributed by atoms with Crippen LogP contribution < -0.4 is 27.0 Å². The van der Waals surface area contributed by atoms with Crippen LogP contribution in [0.5, 0.6) is 0 Å². The third-order valence-corrected chi connectivity index (χ3v) is 4.18. The Morgan fingerprint density at radius 2 is 2.00 bits per heavy atom. The summed E-state index contributed by atoms with van der Waals surface area (Å²) in [5.41, 5.74) is -0.296. The molecule has 26 heavy (non-hydrogen) atoms. The van der Waals surface area contributed by atoms with Crippen LogP contribution in [0.25, 0.3) is 11.8 Å². The van der Waals surface area contributed by atoms with Gasteiger partial charge in [0.05, 0.1) is 17.9 Å². The average Bonchev–Trinajstić information content (AvgIpc) is 2.69. The Balaban J connectivity index is 2.33. The molecule has 0 atom stereocenters. The Hall–Kier alpha value is -3.00. The van der Waals surface area contributed by atoms with Gasteiger partial charge in [0.2, 0.25) is 5.91 Å². The zero-order valence-corrected chi connectivity index (χ0v) is 15.1. The number of fused-ring (bicyclic) bond motifs is 2. The predicted molar refractivity (Wildman–Crippen MR) is 97.1 cm³/mol. The van der Waals surface area contributed by atoms with E-state index in [2.05, 4.69) is 5.32 Å². The molecular weight excluding hydrogens is 358 g/mol. The zero-order valence-electron chi connectivity index (χ0n) is 14.3. The summed E-state index contributed by atoms with van der Waals surface area (Å²) in [5, 5.41) is 2.85. The van der Waals surface area contributed by atoms with Gasteiger partial charge in [-0.05, 0) is 13.0 Å². The second-order valence-electron chi connectivity index (χ2n) is 5.75. The molecule has 134 valence electrons. The van der Waals surface area contributed by atoms with Gasteiger partial charge in [-0.1, -0.05) is 12.2 Å². The smallest absolute Gasteiger partial charge is 0.346 e. The quantitative estimate of drug-likeness (QED) is 0.731. The summed E-state index contributed by atoms with van der Waals surface area (Å²) in [6.07, 6.45) is 1.65. The van der Waals surface area contributed by atoms with Crippen molar-refractivity contribution < 1.29 is 18.4 Å². The van der Waals surface area contributed by atoms with Crippen molar-refractivity contribution in [3.8, 4) is 0 Å². The first-order chi connectivity index (χ1) is 12.3. The van der Waals surface area contributed by atoms with Gasteiger partial charge in [-0.3, -0.25) is 9.59 Å². The normalized spacial score (nSPS) is 12.3. The number of aryl methyl sites for hydroxylation is 1. The van der Waals surface area contributed by atoms with Crippen molar-refractivity contribution in [3.05, 3.63) is 66.1 Å². The van der Waals surface area contributed by atoms with E-state index in [-0.39, 0.29) is 27.8 Å². The molecule has 0 saturated carbocycles. The highest BCUT2D eigenvalue weighted by atomic mass is 32.1. The topological polar surface area (TPSA) is 98.8 Å². The van der Waals surface area contributed by atoms with Gasteiger partial charge in [0.25, 0.3) is 0 Å². The predicted octanol–water partition coefficient (Wildman–Crippen LogP) is -0.147. The van der Waals surface area contributed by atoms with E-state index < -0.39 is 11.5 Å². The van der Waals surface area contributed by atoms with Crippen molar-refractivity contribution in [2.24, 2.45) is 0 Å². The molecule has 0 unspecified atom stereocenters. The number of carbonyl (C=O) groups is 1. The molecule has 8 heteroatoms. The SMILES string of the molecule is COC1=c2cc(C(=S)NC(C)=O)c(=O)oc2=Cc2oc(C)cc(=O)c2C1. The molecule has 0 aromatic carbocycles. The van der Waals surface area contributed by atoms with Crippen molar-refractivity contribution in [1.29, 1.82) is 0 Å². The second kappa shape index (κ2) is 6.72. The van der Waals surface area contributed by atoms with Gasteiger partial charge < -0.3 is 18.9 Å². The minimum Gasteiger partial charge on any atom is -0.500 e. The maximum absolute atomic E-state index is 12.3. The highest BCUT2D eigenvalue weighted by Crippen LogP contribution is 2.15. The molecule has 0 saturated heterocycles. The molecule has 0 aliphatic heterocycles. The lowest BCUT2D eigenvalue weighted by Gasteiger charge is -2.07. The van der Waals surface area contributed by atoms with Crippen LogP contribution in [0.4, 0.5) is 0 Å². The number of amides is 1. The fourth-order valence-corrected chi connectivity index (χ4v) is 2.99. The second-order valence-corrected chi connectivity index (χ2v) is 6.16. The maximum Gasteiger partial charge on any atom is 0.346 e. The number of rotatable bonds is 2. The fourth-order valence-electron chi connectivity index (χ4n) is 2.70. The molecule has 0 spiro atoms. The number of carbonyl (C=O) groups excluding carboxylic acids is 1. The standard InChI is InChI=1S/C18H15NO6S/c1-8-4-13(21)10-6-14(23-3)11-5-12(17(26)19-9(2)20)18(22)25-16(11)7-15(10)24-8/h4-5,7H,6H2,1-3H3,(H,19,20,26). The van der Waals surface area contributed by atoms with Crippen molar-refractivity contribution in [3.63, 3.8) is 0 Å². The van der Waals surface area contributed by atoms with Crippen molar-refractivity contribution in [1.82, 2.24) is 5.32 Å². The fraction of sp³-hybridized carbons (Fsp3) is 0.222. The molecule has 0 radical (unpaired) electrons. The number of methoxy groups -OCH3 is 1. The third kappa shape index (κ3) is 3.23. The molecule has 2 aromatic rings. The minimum atomic E-state index is -0.715. The Morgan fingerprint density at radius 3 is 2.65 bits per heavy atom. The summed E-state index contributed by atoms with van der Waals surface area (Å²) in [6.45, 7) is 2.95. The van der Waals surface area contributed by atoms with E-state index in [1.807, 2.05) is 0 Å². The van der Waals surface area contributed by atoms with E-state index >= 15 is 0 Å². The summed E-state index contributed by atoms with van der Waals surface area (Å²) < 4.78 is 16.4. The highest BCUT2D eigenvalue weighted by molar-refractivity contribution is 7.80. The summed E-state index contributed by atoms with van der Waals surface area (Å²) in [7, 11) is 1.46. The molecule has 7 nitrogen and oxygen atoms in total. The maximum atomic E-state index is 12.3. The van der Waals surface area contributed by atoms with Crippen LogP contribution in [0.3, 0.4) is 0 Å². The molecule has 1 amide bonds. The van der Waals surface area contributed by atoms with Crippen molar-refractivity contribution in [2.45, 2.75) is 20.3 Å². The van der Waals surface area contributed by atoms with Gasteiger partial charge in [-0.25, -0.2) is 4.79 Å². The Kier molecular flexibility index (Phi) is 4.60. The van der Waals surface area contributed by atoms with Gasteiger partial charge in [-0.15, -0.1) is 0 Å². The molecule has 2 aromatic heterocycles. The van der Waals surface area contributed by atoms with Crippen LogP contribution in [-0.4, -0.2) is 18.0 Å². The van der Waals surface area contributed by atoms with Gasteiger partial charge in [0.1, 0.15) is 27.7 Å². The number of nitrogens with one attached hydrogen (secondary N) is 1. The Bertz CT molecular complexity index is 1170. The molecule has 3 rings (SSSR count). The Labute approximate surface area is 152 Å². The molecule has 0 fully saturated rings. The monoisotopic (exact) mass is 373 g/mol. The number of ether oxygens (including phenoxy) is 1. The van der Waals surface area contributed by atoms with E-state index in [0.717, 1.165) is 0 Å². The van der Waals surface area contributed by atoms with E-state index in [9.17, 15) is 14.4 Å². The summed E-state index contributed by atoms with van der Waals surface area (Å²) in [6, 6.07) is 2.88.